The van der Waals surface area contributed by atoms with Crippen LogP contribution >= 0.6 is 11.3 Å². The van der Waals surface area contributed by atoms with Crippen LogP contribution in [0.3, 0.4) is 0 Å². The zero-order valence-corrected chi connectivity index (χ0v) is 20.9. The maximum absolute atomic E-state index is 13.3. The smallest absolute Gasteiger partial charge is 0.406 e. The number of hydrogen-bond donors (Lipinski definition) is 2. The molecule has 4 heterocycles. The van der Waals surface area contributed by atoms with E-state index in [2.05, 4.69) is 26.9 Å². The fraction of sp³-hybridized carbons (Fsp3) is 0.280. The van der Waals surface area contributed by atoms with Gasteiger partial charge >= 0.3 is 12.4 Å². The summed E-state index contributed by atoms with van der Waals surface area (Å²) >= 11 is 1.12. The molecule has 0 unspecified atom stereocenters. The highest BCUT2D eigenvalue weighted by Gasteiger charge is 2.35. The summed E-state index contributed by atoms with van der Waals surface area (Å²) in [5, 5.41) is 6.27. The van der Waals surface area contributed by atoms with E-state index in [1.165, 1.54) is 29.3 Å². The van der Waals surface area contributed by atoms with E-state index in [0.717, 1.165) is 23.8 Å². The predicted octanol–water partition coefficient (Wildman–Crippen LogP) is 5.09. The van der Waals surface area contributed by atoms with Crippen LogP contribution in [-0.4, -0.2) is 53.2 Å². The number of aromatic nitrogens is 1. The number of carbonyl (C=O) groups excluding carboxylic acids is 3. The summed E-state index contributed by atoms with van der Waals surface area (Å²) in [4.78, 5) is 46.7. The molecule has 3 aromatic rings. The first-order valence-electron chi connectivity index (χ1n) is 11.7. The number of urea groups is 1. The van der Waals surface area contributed by atoms with Gasteiger partial charge in [-0.3, -0.25) is 14.5 Å². The lowest BCUT2D eigenvalue weighted by Crippen LogP contribution is -2.49. The Labute approximate surface area is 218 Å². The number of amides is 4. The highest BCUT2D eigenvalue weighted by atomic mass is 32.1. The van der Waals surface area contributed by atoms with E-state index < -0.39 is 24.1 Å². The Bertz CT molecular complexity index is 1470. The second-order valence-corrected chi connectivity index (χ2v) is 9.88. The predicted molar refractivity (Wildman–Crippen MR) is 136 cm³/mol. The Morgan fingerprint density at radius 2 is 2.08 bits per heavy atom. The monoisotopic (exact) mass is 545 g/mol. The van der Waals surface area contributed by atoms with Crippen LogP contribution in [0.15, 0.2) is 43.1 Å². The third-order valence-corrected chi connectivity index (χ3v) is 7.43. The fourth-order valence-corrected chi connectivity index (χ4v) is 5.76. The lowest BCUT2D eigenvalue weighted by Gasteiger charge is -2.32. The van der Waals surface area contributed by atoms with Gasteiger partial charge in [0.1, 0.15) is 15.5 Å². The normalized spacial score (nSPS) is 17.3. The van der Waals surface area contributed by atoms with Gasteiger partial charge in [0.2, 0.25) is 5.91 Å². The average Bonchev–Trinajstić information content (AvgIpc) is 3.23. The van der Waals surface area contributed by atoms with Gasteiger partial charge in [0, 0.05) is 25.3 Å². The Hall–Kier alpha value is -4.13. The number of hydrogen-bond acceptors (Lipinski definition) is 6. The van der Waals surface area contributed by atoms with E-state index in [9.17, 15) is 27.6 Å². The molecular formula is C25H22F3N5O4S. The molecule has 2 aliphatic rings. The van der Waals surface area contributed by atoms with Gasteiger partial charge < -0.3 is 20.3 Å². The van der Waals surface area contributed by atoms with Crippen molar-refractivity contribution in [3.63, 3.8) is 0 Å². The van der Waals surface area contributed by atoms with Crippen molar-refractivity contribution >= 4 is 56.5 Å². The third-order valence-electron chi connectivity index (χ3n) is 6.34. The molecular weight excluding hydrogens is 523 g/mol. The number of anilines is 3. The van der Waals surface area contributed by atoms with Crippen LogP contribution in [0.4, 0.5) is 35.0 Å². The summed E-state index contributed by atoms with van der Waals surface area (Å²) in [5.74, 6) is -0.997. The molecule has 198 valence electrons. The lowest BCUT2D eigenvalue weighted by molar-refractivity contribution is -0.274. The minimum Gasteiger partial charge on any atom is -0.406 e. The van der Waals surface area contributed by atoms with Crippen LogP contribution in [0.5, 0.6) is 5.75 Å². The van der Waals surface area contributed by atoms with Crippen LogP contribution in [0.1, 0.15) is 28.1 Å². The number of piperidine rings is 1. The number of pyridine rings is 1. The van der Waals surface area contributed by atoms with E-state index >= 15 is 0 Å². The SMILES string of the molecule is C=CC(=O)N1CCC[C@@H](NC(=O)c2sc3nccc4c3c2NC(=O)N4c2ccc(OC(F)(F)F)cc2C)C1. The summed E-state index contributed by atoms with van der Waals surface area (Å²) < 4.78 is 41.9. The molecule has 1 atom stereocenters. The van der Waals surface area contributed by atoms with Crippen LogP contribution in [0.25, 0.3) is 10.2 Å². The molecule has 4 amide bonds. The number of benzene rings is 1. The van der Waals surface area contributed by atoms with Crippen molar-refractivity contribution in [2.45, 2.75) is 32.2 Å². The molecule has 0 saturated carbocycles. The highest BCUT2D eigenvalue weighted by Crippen LogP contribution is 2.46. The molecule has 1 saturated heterocycles. The van der Waals surface area contributed by atoms with Crippen molar-refractivity contribution in [1.29, 1.82) is 0 Å². The molecule has 0 radical (unpaired) electrons. The number of halogens is 3. The summed E-state index contributed by atoms with van der Waals surface area (Å²) in [6.45, 7) is 6.02. The van der Waals surface area contributed by atoms with E-state index in [1.807, 2.05) is 0 Å². The summed E-state index contributed by atoms with van der Waals surface area (Å²) in [6.07, 6.45) is -0.667. The topological polar surface area (TPSA) is 104 Å². The van der Waals surface area contributed by atoms with Gasteiger partial charge in [-0.2, -0.15) is 0 Å². The summed E-state index contributed by atoms with van der Waals surface area (Å²) in [5.41, 5.74) is 1.48. The van der Waals surface area contributed by atoms with Crippen molar-refractivity contribution in [1.82, 2.24) is 15.2 Å². The minimum absolute atomic E-state index is 0.199. The van der Waals surface area contributed by atoms with Gasteiger partial charge in [-0.1, -0.05) is 6.58 Å². The Balaban J connectivity index is 1.46. The fourth-order valence-electron chi connectivity index (χ4n) is 4.73. The van der Waals surface area contributed by atoms with Crippen molar-refractivity contribution in [3.05, 3.63) is 53.6 Å². The van der Waals surface area contributed by atoms with Crippen molar-refractivity contribution in [2.24, 2.45) is 0 Å². The molecule has 13 heteroatoms. The highest BCUT2D eigenvalue weighted by molar-refractivity contribution is 7.21. The van der Waals surface area contributed by atoms with E-state index in [1.54, 1.807) is 17.9 Å². The number of rotatable bonds is 5. The van der Waals surface area contributed by atoms with Crippen molar-refractivity contribution < 1.29 is 32.3 Å². The Morgan fingerprint density at radius 3 is 2.79 bits per heavy atom. The first kappa shape index (κ1) is 25.5. The van der Waals surface area contributed by atoms with Crippen LogP contribution < -0.4 is 20.3 Å². The van der Waals surface area contributed by atoms with Gasteiger partial charge in [-0.05, 0) is 55.7 Å². The molecule has 2 N–H and O–H groups in total. The average molecular weight is 546 g/mol. The van der Waals surface area contributed by atoms with E-state index in [0.29, 0.717) is 52.4 Å². The second-order valence-electron chi connectivity index (χ2n) is 8.88. The molecule has 38 heavy (non-hydrogen) atoms. The van der Waals surface area contributed by atoms with Crippen molar-refractivity contribution in [3.8, 4) is 5.75 Å². The first-order valence-corrected chi connectivity index (χ1v) is 12.5. The molecule has 5 rings (SSSR count). The number of ether oxygens (including phenoxy) is 1. The Morgan fingerprint density at radius 1 is 1.29 bits per heavy atom. The maximum atomic E-state index is 13.3. The zero-order valence-electron chi connectivity index (χ0n) is 20.1. The number of nitrogens with one attached hydrogen (secondary N) is 2. The van der Waals surface area contributed by atoms with Crippen molar-refractivity contribution in [2.75, 3.05) is 23.3 Å². The third kappa shape index (κ3) is 4.76. The van der Waals surface area contributed by atoms with Gasteiger partial charge in [0.15, 0.2) is 0 Å². The van der Waals surface area contributed by atoms with Gasteiger partial charge in [-0.25, -0.2) is 9.78 Å². The van der Waals surface area contributed by atoms with Crippen LogP contribution in [-0.2, 0) is 4.79 Å². The standard InChI is InChI=1S/C25H22F3N5O4S/c1-3-18(34)32-10-4-5-14(12-32)30-22(35)21-20-19-17(8-9-29-23(19)38-21)33(24(36)31-20)16-7-6-15(11-13(16)2)37-25(26,27)28/h3,6-9,11,14H,1,4-5,10,12H2,2H3,(H,30,35)(H,31,36)/t14-/m1/s1. The number of alkyl halides is 3. The van der Waals surface area contributed by atoms with Crippen LogP contribution in [0.2, 0.25) is 0 Å². The first-order chi connectivity index (χ1) is 18.1. The van der Waals surface area contributed by atoms with Gasteiger partial charge in [0.25, 0.3) is 5.91 Å². The van der Waals surface area contributed by atoms with Crippen LogP contribution in [0, 0.1) is 6.92 Å². The van der Waals surface area contributed by atoms with E-state index in [4.69, 9.17) is 0 Å². The quantitative estimate of drug-likeness (QED) is 0.435. The van der Waals surface area contributed by atoms with Gasteiger partial charge in [-0.15, -0.1) is 24.5 Å². The Kier molecular flexibility index (Phi) is 6.47. The van der Waals surface area contributed by atoms with E-state index in [-0.39, 0.29) is 16.8 Å². The molecule has 2 aromatic heterocycles. The maximum Gasteiger partial charge on any atom is 0.573 e. The minimum atomic E-state index is -4.84. The molecule has 0 spiro atoms. The summed E-state index contributed by atoms with van der Waals surface area (Å²) in [6, 6.07) is 4.46. The molecule has 2 aliphatic heterocycles. The molecule has 1 aromatic carbocycles. The van der Waals surface area contributed by atoms with Gasteiger partial charge in [0.05, 0.1) is 22.4 Å². The number of thiophene rings is 1. The molecule has 1 fully saturated rings. The number of aryl methyl sites for hydroxylation is 1. The number of likely N-dealkylation sites (tertiary alicyclic amines) is 1. The lowest BCUT2D eigenvalue weighted by atomic mass is 10.1. The molecule has 9 nitrogen and oxygen atoms in total. The summed E-state index contributed by atoms with van der Waals surface area (Å²) in [7, 11) is 0. The molecule has 0 bridgehead atoms. The number of nitrogens with zero attached hydrogens (tertiary/aromatic N) is 3. The number of carbonyl (C=O) groups is 3. The second kappa shape index (κ2) is 9.63. The largest absolute Gasteiger partial charge is 0.573 e. The zero-order chi connectivity index (χ0) is 27.2. The molecule has 0 aliphatic carbocycles.